The monoisotopic (exact) mass is 477 g/mol. The molecule has 0 atom stereocenters. The van der Waals surface area contributed by atoms with Crippen LogP contribution in [0.1, 0.15) is 42.6 Å². The lowest BCUT2D eigenvalue weighted by Crippen LogP contribution is -2.34. The Labute approximate surface area is 181 Å². The van der Waals surface area contributed by atoms with Gasteiger partial charge in [-0.15, -0.1) is 0 Å². The molecule has 3 heterocycles. The first kappa shape index (κ1) is 20.8. The molecule has 2 fully saturated rings. The van der Waals surface area contributed by atoms with Crippen LogP contribution in [0.25, 0.3) is 0 Å². The number of amides is 2. The topological polar surface area (TPSA) is 109 Å². The van der Waals surface area contributed by atoms with E-state index < -0.39 is 5.69 Å². The number of piperidine rings is 1. The van der Waals surface area contributed by atoms with Crippen molar-refractivity contribution in [2.45, 2.75) is 51.8 Å². The fourth-order valence-electron chi connectivity index (χ4n) is 3.86. The van der Waals surface area contributed by atoms with Gasteiger partial charge in [-0.3, -0.25) is 19.5 Å². The SMILES string of the molecule is Cc1cc(Br)cc(Cn2nc(CN3C(=O)CCC3=O)[nH]c2=O)c1OC1CCNCC1. The molecule has 1 aromatic heterocycles. The highest BCUT2D eigenvalue weighted by Gasteiger charge is 2.30. The molecular formula is C20H24BrN5O4. The number of carbonyl (C=O) groups excluding carboxylic acids is 2. The van der Waals surface area contributed by atoms with Crippen LogP contribution in [0, 0.1) is 6.92 Å². The van der Waals surface area contributed by atoms with Crippen LogP contribution in [-0.4, -0.2) is 50.7 Å². The Hall–Kier alpha value is -2.46. The standard InChI is InChI=1S/C20H24BrN5O4/c1-12-8-14(21)9-13(19(12)30-15-4-6-22-7-5-15)10-26-20(29)23-16(24-26)11-25-17(27)2-3-18(25)28/h8-9,15,22H,2-7,10-11H2,1H3,(H,23,24,29). The smallest absolute Gasteiger partial charge is 0.343 e. The van der Waals surface area contributed by atoms with E-state index in [2.05, 4.69) is 31.3 Å². The van der Waals surface area contributed by atoms with Crippen LogP contribution in [0.2, 0.25) is 0 Å². The van der Waals surface area contributed by atoms with Crippen molar-refractivity contribution in [1.29, 1.82) is 0 Å². The van der Waals surface area contributed by atoms with Crippen molar-refractivity contribution in [2.75, 3.05) is 13.1 Å². The van der Waals surface area contributed by atoms with Crippen LogP contribution in [0.4, 0.5) is 0 Å². The van der Waals surface area contributed by atoms with E-state index in [1.165, 1.54) is 4.68 Å². The van der Waals surface area contributed by atoms with Crippen molar-refractivity contribution < 1.29 is 14.3 Å². The van der Waals surface area contributed by atoms with Crippen LogP contribution >= 0.6 is 15.9 Å². The van der Waals surface area contributed by atoms with Gasteiger partial charge in [-0.25, -0.2) is 9.48 Å². The molecule has 2 amide bonds. The third-order valence-electron chi connectivity index (χ3n) is 5.40. The number of nitrogens with zero attached hydrogens (tertiary/aromatic N) is 3. The summed E-state index contributed by atoms with van der Waals surface area (Å²) in [6.07, 6.45) is 2.40. The van der Waals surface area contributed by atoms with Gasteiger partial charge in [0.05, 0.1) is 13.1 Å². The molecule has 30 heavy (non-hydrogen) atoms. The zero-order chi connectivity index (χ0) is 21.3. The lowest BCUT2D eigenvalue weighted by Gasteiger charge is -2.26. The second kappa shape index (κ2) is 8.73. The number of aromatic amines is 1. The Bertz CT molecular complexity index is 1010. The maximum Gasteiger partial charge on any atom is 0.343 e. The summed E-state index contributed by atoms with van der Waals surface area (Å²) in [4.78, 5) is 39.9. The maximum absolute atomic E-state index is 12.4. The number of nitrogens with one attached hydrogen (secondary N) is 2. The average Bonchev–Trinajstić information content (AvgIpc) is 3.21. The van der Waals surface area contributed by atoms with Crippen LogP contribution in [0.3, 0.4) is 0 Å². The molecule has 4 rings (SSSR count). The quantitative estimate of drug-likeness (QED) is 0.609. The van der Waals surface area contributed by atoms with Crippen molar-refractivity contribution in [1.82, 2.24) is 25.0 Å². The van der Waals surface area contributed by atoms with Crippen molar-refractivity contribution in [3.63, 3.8) is 0 Å². The minimum absolute atomic E-state index is 0.0180. The minimum atomic E-state index is -0.394. The second-order valence-corrected chi connectivity index (χ2v) is 8.60. The highest BCUT2D eigenvalue weighted by Crippen LogP contribution is 2.30. The number of carbonyl (C=O) groups is 2. The molecule has 0 unspecified atom stereocenters. The van der Waals surface area contributed by atoms with Gasteiger partial charge in [-0.05, 0) is 50.6 Å². The Balaban J connectivity index is 1.56. The van der Waals surface area contributed by atoms with E-state index in [1.807, 2.05) is 19.1 Å². The number of imide groups is 1. The van der Waals surface area contributed by atoms with E-state index in [0.717, 1.165) is 52.2 Å². The molecule has 2 saturated heterocycles. The van der Waals surface area contributed by atoms with Crippen LogP contribution in [-0.2, 0) is 22.7 Å². The number of benzene rings is 1. The van der Waals surface area contributed by atoms with Gasteiger partial charge >= 0.3 is 5.69 Å². The summed E-state index contributed by atoms with van der Waals surface area (Å²) in [6.45, 7) is 4.03. The molecule has 2 N–H and O–H groups in total. The van der Waals surface area contributed by atoms with Crippen molar-refractivity contribution >= 4 is 27.7 Å². The lowest BCUT2D eigenvalue weighted by atomic mass is 10.1. The molecule has 0 radical (unpaired) electrons. The fourth-order valence-corrected chi connectivity index (χ4v) is 4.48. The molecule has 2 aliphatic heterocycles. The number of aromatic nitrogens is 3. The first-order valence-electron chi connectivity index (χ1n) is 10.1. The van der Waals surface area contributed by atoms with E-state index in [-0.39, 0.29) is 49.7 Å². The molecular weight excluding hydrogens is 454 g/mol. The molecule has 1 aromatic carbocycles. The number of rotatable bonds is 6. The third kappa shape index (κ3) is 4.49. The molecule has 0 aliphatic carbocycles. The minimum Gasteiger partial charge on any atom is -0.490 e. The van der Waals surface area contributed by atoms with E-state index >= 15 is 0 Å². The summed E-state index contributed by atoms with van der Waals surface area (Å²) in [6, 6.07) is 3.92. The molecule has 2 aromatic rings. The summed E-state index contributed by atoms with van der Waals surface area (Å²) < 4.78 is 8.51. The Morgan fingerprint density at radius 1 is 1.13 bits per heavy atom. The molecule has 9 nitrogen and oxygen atoms in total. The van der Waals surface area contributed by atoms with Gasteiger partial charge in [0.25, 0.3) is 0 Å². The summed E-state index contributed by atoms with van der Waals surface area (Å²) in [5, 5.41) is 7.63. The Kier molecular flexibility index (Phi) is 6.05. The summed E-state index contributed by atoms with van der Waals surface area (Å²) in [7, 11) is 0. The number of hydrogen-bond donors (Lipinski definition) is 2. The maximum atomic E-state index is 12.4. The predicted octanol–water partition coefficient (Wildman–Crippen LogP) is 1.47. The normalized spacial score (nSPS) is 17.7. The van der Waals surface area contributed by atoms with Crippen molar-refractivity contribution in [3.05, 3.63) is 44.0 Å². The Morgan fingerprint density at radius 2 is 1.83 bits per heavy atom. The Morgan fingerprint density at radius 3 is 2.53 bits per heavy atom. The van der Waals surface area contributed by atoms with Gasteiger partial charge in [0.2, 0.25) is 11.8 Å². The third-order valence-corrected chi connectivity index (χ3v) is 5.85. The molecule has 0 saturated carbocycles. The number of ether oxygens (including phenoxy) is 1. The lowest BCUT2D eigenvalue weighted by molar-refractivity contribution is -0.139. The number of hydrogen-bond acceptors (Lipinski definition) is 6. The highest BCUT2D eigenvalue weighted by atomic mass is 79.9. The summed E-state index contributed by atoms with van der Waals surface area (Å²) in [5.41, 5.74) is 1.43. The largest absolute Gasteiger partial charge is 0.490 e. The molecule has 2 aliphatic rings. The second-order valence-electron chi connectivity index (χ2n) is 7.69. The molecule has 0 bridgehead atoms. The number of likely N-dealkylation sites (tertiary alicyclic amines) is 1. The van der Waals surface area contributed by atoms with E-state index in [9.17, 15) is 14.4 Å². The van der Waals surface area contributed by atoms with E-state index in [0.29, 0.717) is 0 Å². The first-order chi connectivity index (χ1) is 14.4. The van der Waals surface area contributed by atoms with Crippen molar-refractivity contribution in [3.8, 4) is 5.75 Å². The number of H-pyrrole nitrogens is 1. The molecule has 0 spiro atoms. The van der Waals surface area contributed by atoms with E-state index in [4.69, 9.17) is 4.74 Å². The summed E-state index contributed by atoms with van der Waals surface area (Å²) in [5.74, 6) is 0.578. The molecule has 160 valence electrons. The van der Waals surface area contributed by atoms with Gasteiger partial charge in [-0.1, -0.05) is 15.9 Å². The fraction of sp³-hybridized carbons (Fsp3) is 0.500. The summed E-state index contributed by atoms with van der Waals surface area (Å²) >= 11 is 3.52. The zero-order valence-corrected chi connectivity index (χ0v) is 18.3. The number of aryl methyl sites for hydroxylation is 1. The van der Waals surface area contributed by atoms with E-state index in [1.54, 1.807) is 0 Å². The molecule has 10 heteroatoms. The van der Waals surface area contributed by atoms with Gasteiger partial charge in [0, 0.05) is 22.9 Å². The highest BCUT2D eigenvalue weighted by molar-refractivity contribution is 9.10. The van der Waals surface area contributed by atoms with Crippen molar-refractivity contribution in [2.24, 2.45) is 0 Å². The van der Waals surface area contributed by atoms with Crippen LogP contribution in [0.15, 0.2) is 21.4 Å². The van der Waals surface area contributed by atoms with Gasteiger partial charge in [-0.2, -0.15) is 5.10 Å². The van der Waals surface area contributed by atoms with Gasteiger partial charge in [0.15, 0.2) is 5.82 Å². The van der Waals surface area contributed by atoms with Crippen LogP contribution in [0.5, 0.6) is 5.75 Å². The predicted molar refractivity (Wildman–Crippen MR) is 112 cm³/mol. The average molecular weight is 478 g/mol. The first-order valence-corrected chi connectivity index (χ1v) is 10.9. The van der Waals surface area contributed by atoms with Gasteiger partial charge < -0.3 is 10.1 Å². The van der Waals surface area contributed by atoms with Gasteiger partial charge in [0.1, 0.15) is 11.9 Å². The number of halogens is 1. The van der Waals surface area contributed by atoms with Crippen LogP contribution < -0.4 is 15.7 Å². The zero-order valence-electron chi connectivity index (χ0n) is 16.7.